The average Bonchev–Trinajstić information content (AvgIpc) is 2.79. The Kier molecular flexibility index (Phi) is 4.06. The van der Waals surface area contributed by atoms with Gasteiger partial charge in [-0.05, 0) is 25.2 Å². The number of hydrogen-bond acceptors (Lipinski definition) is 4. The maximum absolute atomic E-state index is 13.1. The molecule has 0 saturated heterocycles. The molecular formula is C12H16FN3OS. The molecule has 0 aliphatic heterocycles. The summed E-state index contributed by atoms with van der Waals surface area (Å²) in [5.41, 5.74) is 5.70. The van der Waals surface area contributed by atoms with Crippen molar-refractivity contribution in [3.8, 4) is 0 Å². The number of thioether (sulfide) groups is 1. The molecule has 0 bridgehead atoms. The summed E-state index contributed by atoms with van der Waals surface area (Å²) in [7, 11) is 0. The monoisotopic (exact) mass is 269 g/mol. The summed E-state index contributed by atoms with van der Waals surface area (Å²) in [5.74, 6) is -0.833. The summed E-state index contributed by atoms with van der Waals surface area (Å²) in [6, 6.07) is 1.26. The number of anilines is 1. The highest BCUT2D eigenvalue weighted by atomic mass is 32.2. The van der Waals surface area contributed by atoms with Crippen molar-refractivity contribution in [1.29, 1.82) is 0 Å². The van der Waals surface area contributed by atoms with Gasteiger partial charge in [0, 0.05) is 11.3 Å². The maximum Gasteiger partial charge on any atom is 0.255 e. The molecule has 98 valence electrons. The van der Waals surface area contributed by atoms with Crippen LogP contribution in [0.2, 0.25) is 0 Å². The third-order valence-electron chi connectivity index (χ3n) is 3.20. The van der Waals surface area contributed by atoms with Crippen LogP contribution in [0, 0.1) is 5.82 Å². The predicted molar refractivity (Wildman–Crippen MR) is 71.0 cm³/mol. The van der Waals surface area contributed by atoms with E-state index in [1.807, 2.05) is 6.26 Å². The molecule has 1 fully saturated rings. The van der Waals surface area contributed by atoms with Gasteiger partial charge in [0.1, 0.15) is 11.6 Å². The molecular weight excluding hydrogens is 253 g/mol. The minimum absolute atomic E-state index is 0.0626. The highest BCUT2D eigenvalue weighted by Gasteiger charge is 2.28. The van der Waals surface area contributed by atoms with Crippen LogP contribution in [0.15, 0.2) is 12.3 Å². The Labute approximate surface area is 110 Å². The molecule has 0 radical (unpaired) electrons. The van der Waals surface area contributed by atoms with Crippen molar-refractivity contribution in [1.82, 2.24) is 10.3 Å². The van der Waals surface area contributed by atoms with Crippen molar-refractivity contribution in [2.24, 2.45) is 0 Å². The number of amides is 1. The number of hydrogen-bond donors (Lipinski definition) is 2. The second-order valence-electron chi connectivity index (χ2n) is 4.37. The van der Waals surface area contributed by atoms with E-state index in [1.54, 1.807) is 11.8 Å². The lowest BCUT2D eigenvalue weighted by Crippen LogP contribution is -2.39. The Hall–Kier alpha value is -1.30. The fourth-order valence-electron chi connectivity index (χ4n) is 2.25. The predicted octanol–water partition coefficient (Wildman–Crippen LogP) is 1.82. The first-order valence-corrected chi connectivity index (χ1v) is 7.15. The van der Waals surface area contributed by atoms with E-state index in [4.69, 9.17) is 5.73 Å². The zero-order chi connectivity index (χ0) is 13.1. The van der Waals surface area contributed by atoms with Crippen molar-refractivity contribution in [2.75, 3.05) is 12.0 Å². The highest BCUT2D eigenvalue weighted by Crippen LogP contribution is 2.28. The van der Waals surface area contributed by atoms with Gasteiger partial charge in [-0.1, -0.05) is 6.42 Å². The smallest absolute Gasteiger partial charge is 0.255 e. The molecule has 1 aliphatic carbocycles. The molecule has 2 rings (SSSR count). The average molecular weight is 269 g/mol. The van der Waals surface area contributed by atoms with Crippen LogP contribution in [0.3, 0.4) is 0 Å². The summed E-state index contributed by atoms with van der Waals surface area (Å²) < 4.78 is 13.1. The van der Waals surface area contributed by atoms with Crippen LogP contribution in [0.4, 0.5) is 10.2 Å². The van der Waals surface area contributed by atoms with E-state index >= 15 is 0 Å². The summed E-state index contributed by atoms with van der Waals surface area (Å²) in [6.45, 7) is 0. The van der Waals surface area contributed by atoms with Crippen LogP contribution in [0.5, 0.6) is 0 Å². The van der Waals surface area contributed by atoms with Crippen LogP contribution >= 0.6 is 11.8 Å². The number of nitrogen functional groups attached to an aromatic ring is 1. The van der Waals surface area contributed by atoms with Crippen molar-refractivity contribution >= 4 is 23.5 Å². The highest BCUT2D eigenvalue weighted by molar-refractivity contribution is 7.99. The normalized spacial score (nSPS) is 23.0. The van der Waals surface area contributed by atoms with Gasteiger partial charge in [0.15, 0.2) is 0 Å². The van der Waals surface area contributed by atoms with Gasteiger partial charge in [-0.25, -0.2) is 9.37 Å². The van der Waals surface area contributed by atoms with Gasteiger partial charge in [0.2, 0.25) is 0 Å². The molecule has 0 aromatic carbocycles. The third-order valence-corrected chi connectivity index (χ3v) is 4.37. The van der Waals surface area contributed by atoms with E-state index in [0.717, 1.165) is 31.5 Å². The summed E-state index contributed by atoms with van der Waals surface area (Å²) >= 11 is 1.75. The molecule has 1 aromatic heterocycles. The molecule has 1 heterocycles. The van der Waals surface area contributed by atoms with Crippen molar-refractivity contribution in [2.45, 2.75) is 30.6 Å². The molecule has 2 unspecified atom stereocenters. The van der Waals surface area contributed by atoms with Crippen LogP contribution < -0.4 is 11.1 Å². The second kappa shape index (κ2) is 5.56. The van der Waals surface area contributed by atoms with Gasteiger partial charge in [0.25, 0.3) is 5.91 Å². The zero-order valence-corrected chi connectivity index (χ0v) is 11.0. The molecule has 1 amide bonds. The molecule has 6 heteroatoms. The number of nitrogens with zero attached hydrogens (tertiary/aromatic N) is 1. The number of carbonyl (C=O) groups is 1. The van der Waals surface area contributed by atoms with Crippen LogP contribution in [-0.4, -0.2) is 28.4 Å². The van der Waals surface area contributed by atoms with Gasteiger partial charge >= 0.3 is 0 Å². The lowest BCUT2D eigenvalue weighted by molar-refractivity contribution is 0.0939. The fraction of sp³-hybridized carbons (Fsp3) is 0.500. The van der Waals surface area contributed by atoms with Gasteiger partial charge in [-0.2, -0.15) is 11.8 Å². The quantitative estimate of drug-likeness (QED) is 0.878. The first-order valence-electron chi connectivity index (χ1n) is 5.86. The lowest BCUT2D eigenvalue weighted by atomic mass is 10.2. The summed E-state index contributed by atoms with van der Waals surface area (Å²) in [6.07, 6.45) is 6.20. The lowest BCUT2D eigenvalue weighted by Gasteiger charge is -2.19. The zero-order valence-electron chi connectivity index (χ0n) is 10.1. The number of nitrogens with two attached hydrogens (primary N) is 1. The second-order valence-corrected chi connectivity index (χ2v) is 5.45. The van der Waals surface area contributed by atoms with Crippen LogP contribution in [-0.2, 0) is 0 Å². The Morgan fingerprint density at radius 1 is 1.61 bits per heavy atom. The molecule has 1 aliphatic rings. The fourth-order valence-corrected chi connectivity index (χ4v) is 3.19. The van der Waals surface area contributed by atoms with E-state index in [1.165, 1.54) is 0 Å². The standard InChI is InChI=1S/C12H16FN3OS/c1-18-10-4-2-3-9(10)16-12(17)8-5-7(13)6-15-11(8)14/h5-6,9-10H,2-4H2,1H3,(H2,14,15)(H,16,17). The summed E-state index contributed by atoms with van der Waals surface area (Å²) in [4.78, 5) is 15.7. The number of carbonyl (C=O) groups excluding carboxylic acids is 1. The molecule has 2 atom stereocenters. The summed E-state index contributed by atoms with van der Waals surface area (Å²) in [5, 5.41) is 3.35. The topological polar surface area (TPSA) is 68.0 Å². The number of aromatic nitrogens is 1. The molecule has 0 spiro atoms. The Bertz CT molecular complexity index is 455. The molecule has 4 nitrogen and oxygen atoms in total. The Morgan fingerprint density at radius 3 is 3.11 bits per heavy atom. The molecule has 1 saturated carbocycles. The van der Waals surface area contributed by atoms with Crippen molar-refractivity contribution < 1.29 is 9.18 Å². The van der Waals surface area contributed by atoms with E-state index in [-0.39, 0.29) is 23.3 Å². The number of halogens is 1. The first-order chi connectivity index (χ1) is 8.61. The number of rotatable bonds is 3. The van der Waals surface area contributed by atoms with E-state index in [9.17, 15) is 9.18 Å². The Morgan fingerprint density at radius 2 is 2.39 bits per heavy atom. The van der Waals surface area contributed by atoms with Crippen molar-refractivity contribution in [3.63, 3.8) is 0 Å². The van der Waals surface area contributed by atoms with E-state index in [2.05, 4.69) is 10.3 Å². The SMILES string of the molecule is CSC1CCCC1NC(=O)c1cc(F)cnc1N. The van der Waals surface area contributed by atoms with Gasteiger partial charge in [0.05, 0.1) is 11.8 Å². The van der Waals surface area contributed by atoms with Crippen molar-refractivity contribution in [3.05, 3.63) is 23.6 Å². The molecule has 3 N–H and O–H groups in total. The largest absolute Gasteiger partial charge is 0.383 e. The van der Waals surface area contributed by atoms with Crippen LogP contribution in [0.25, 0.3) is 0 Å². The number of nitrogens with one attached hydrogen (secondary N) is 1. The van der Waals surface area contributed by atoms with E-state index < -0.39 is 5.82 Å². The maximum atomic E-state index is 13.1. The number of pyridine rings is 1. The van der Waals surface area contributed by atoms with Gasteiger partial charge in [-0.15, -0.1) is 0 Å². The Balaban J connectivity index is 2.09. The van der Waals surface area contributed by atoms with Gasteiger partial charge < -0.3 is 11.1 Å². The third kappa shape index (κ3) is 2.75. The first kappa shape index (κ1) is 13.1. The molecule has 1 aromatic rings. The van der Waals surface area contributed by atoms with E-state index in [0.29, 0.717) is 5.25 Å². The minimum atomic E-state index is -0.554. The van der Waals surface area contributed by atoms with Crippen LogP contribution in [0.1, 0.15) is 29.6 Å². The molecule has 18 heavy (non-hydrogen) atoms. The minimum Gasteiger partial charge on any atom is -0.383 e. The van der Waals surface area contributed by atoms with Gasteiger partial charge in [-0.3, -0.25) is 4.79 Å².